The lowest BCUT2D eigenvalue weighted by atomic mass is 9.95. The summed E-state index contributed by atoms with van der Waals surface area (Å²) < 4.78 is 10.3. The van der Waals surface area contributed by atoms with Crippen LogP contribution in [0.3, 0.4) is 0 Å². The van der Waals surface area contributed by atoms with Crippen molar-refractivity contribution in [1.82, 2.24) is 0 Å². The normalized spacial score (nSPS) is 24.9. The summed E-state index contributed by atoms with van der Waals surface area (Å²) in [6.07, 6.45) is 1.60. The van der Waals surface area contributed by atoms with E-state index in [4.69, 9.17) is 14.6 Å². The first-order chi connectivity index (χ1) is 8.65. The zero-order valence-corrected chi connectivity index (χ0v) is 9.76. The zero-order chi connectivity index (χ0) is 12.7. The van der Waals surface area contributed by atoms with Crippen LogP contribution >= 0.6 is 0 Å². The maximum absolute atomic E-state index is 11.0. The largest absolute Gasteiger partial charge is 0.507 e. The molecule has 2 N–H and O–H groups in total. The van der Waals surface area contributed by atoms with Crippen LogP contribution in [0, 0.1) is 0 Å². The summed E-state index contributed by atoms with van der Waals surface area (Å²) in [5.41, 5.74) is 1.59. The van der Waals surface area contributed by atoms with E-state index in [-0.39, 0.29) is 23.5 Å². The third-order valence-electron chi connectivity index (χ3n) is 3.29. The Kier molecular flexibility index (Phi) is 2.72. The molecule has 0 amide bonds. The molecule has 0 bridgehead atoms. The molecule has 0 saturated carbocycles. The van der Waals surface area contributed by atoms with Crippen molar-refractivity contribution in [1.29, 1.82) is 0 Å². The van der Waals surface area contributed by atoms with E-state index in [1.165, 1.54) is 6.07 Å². The highest BCUT2D eigenvalue weighted by atomic mass is 16.6. The molecule has 2 unspecified atom stereocenters. The SMILES string of the molecule is O=C(O)c1ccc(CC2CO2)c(CC2CO2)c1O. The lowest BCUT2D eigenvalue weighted by Crippen LogP contribution is -2.07. The molecule has 0 aliphatic carbocycles. The van der Waals surface area contributed by atoms with Gasteiger partial charge in [-0.2, -0.15) is 0 Å². The standard InChI is InChI=1S/C13H14O5/c14-12-10(13(15)16)2-1-7(3-8-5-17-8)11(12)4-9-6-18-9/h1-2,8-9,14H,3-6H2,(H,15,16). The second kappa shape index (κ2) is 4.26. The van der Waals surface area contributed by atoms with Crippen molar-refractivity contribution in [3.05, 3.63) is 28.8 Å². The van der Waals surface area contributed by atoms with E-state index < -0.39 is 5.97 Å². The molecular weight excluding hydrogens is 236 g/mol. The van der Waals surface area contributed by atoms with Crippen LogP contribution in [-0.2, 0) is 22.3 Å². The molecule has 2 atom stereocenters. The smallest absolute Gasteiger partial charge is 0.339 e. The highest BCUT2D eigenvalue weighted by Crippen LogP contribution is 2.32. The molecule has 2 fully saturated rings. The van der Waals surface area contributed by atoms with Crippen LogP contribution in [0.15, 0.2) is 12.1 Å². The van der Waals surface area contributed by atoms with Gasteiger partial charge in [0.2, 0.25) is 0 Å². The molecule has 3 rings (SSSR count). The number of carbonyl (C=O) groups is 1. The van der Waals surface area contributed by atoms with Crippen molar-refractivity contribution in [2.75, 3.05) is 13.2 Å². The fourth-order valence-electron chi connectivity index (χ4n) is 2.11. The van der Waals surface area contributed by atoms with Crippen molar-refractivity contribution >= 4 is 5.97 Å². The number of ether oxygens (including phenoxy) is 2. The number of hydrogen-bond acceptors (Lipinski definition) is 4. The molecule has 1 aromatic rings. The van der Waals surface area contributed by atoms with Crippen LogP contribution < -0.4 is 0 Å². The van der Waals surface area contributed by atoms with E-state index in [0.717, 1.165) is 18.6 Å². The van der Waals surface area contributed by atoms with Gasteiger partial charge in [0.15, 0.2) is 0 Å². The van der Waals surface area contributed by atoms with Crippen molar-refractivity contribution < 1.29 is 24.5 Å². The Hall–Kier alpha value is -1.59. The van der Waals surface area contributed by atoms with Gasteiger partial charge in [0.05, 0.1) is 25.4 Å². The molecular formula is C13H14O5. The Labute approximate surface area is 104 Å². The van der Waals surface area contributed by atoms with Crippen LogP contribution in [0.25, 0.3) is 0 Å². The highest BCUT2D eigenvalue weighted by molar-refractivity contribution is 5.91. The molecule has 96 valence electrons. The number of carboxylic acids is 1. The lowest BCUT2D eigenvalue weighted by Gasteiger charge is -2.12. The Morgan fingerprint density at radius 1 is 1.22 bits per heavy atom. The minimum absolute atomic E-state index is 0.0499. The molecule has 5 nitrogen and oxygen atoms in total. The van der Waals surface area contributed by atoms with E-state index in [1.807, 2.05) is 0 Å². The zero-order valence-electron chi connectivity index (χ0n) is 9.76. The first-order valence-electron chi connectivity index (χ1n) is 5.95. The van der Waals surface area contributed by atoms with Gasteiger partial charge in [-0.15, -0.1) is 0 Å². The fraction of sp³-hybridized carbons (Fsp3) is 0.462. The quantitative estimate of drug-likeness (QED) is 0.761. The molecule has 2 heterocycles. The Bertz CT molecular complexity index is 488. The summed E-state index contributed by atoms with van der Waals surface area (Å²) in [6.45, 7) is 1.41. The van der Waals surface area contributed by atoms with Gasteiger partial charge >= 0.3 is 5.97 Å². The highest BCUT2D eigenvalue weighted by Gasteiger charge is 2.30. The molecule has 2 saturated heterocycles. The molecule has 0 radical (unpaired) electrons. The van der Waals surface area contributed by atoms with Gasteiger partial charge in [-0.25, -0.2) is 4.79 Å². The fourth-order valence-corrected chi connectivity index (χ4v) is 2.11. The van der Waals surface area contributed by atoms with Gasteiger partial charge in [-0.05, 0) is 11.6 Å². The molecule has 1 aromatic carbocycles. The van der Waals surface area contributed by atoms with Crippen LogP contribution in [-0.4, -0.2) is 41.6 Å². The topological polar surface area (TPSA) is 82.6 Å². The van der Waals surface area contributed by atoms with Crippen molar-refractivity contribution in [2.45, 2.75) is 25.0 Å². The van der Waals surface area contributed by atoms with Gasteiger partial charge < -0.3 is 19.7 Å². The third kappa shape index (κ3) is 2.32. The Balaban J connectivity index is 1.95. The summed E-state index contributed by atoms with van der Waals surface area (Å²) in [4.78, 5) is 11.0. The number of phenols is 1. The average molecular weight is 250 g/mol. The van der Waals surface area contributed by atoms with E-state index in [0.29, 0.717) is 18.6 Å². The first-order valence-corrected chi connectivity index (χ1v) is 5.95. The molecule has 18 heavy (non-hydrogen) atoms. The number of benzene rings is 1. The predicted molar refractivity (Wildman–Crippen MR) is 62.0 cm³/mol. The maximum atomic E-state index is 11.0. The van der Waals surface area contributed by atoms with Crippen LogP contribution in [0.4, 0.5) is 0 Å². The van der Waals surface area contributed by atoms with E-state index >= 15 is 0 Å². The molecule has 0 spiro atoms. The van der Waals surface area contributed by atoms with Crippen LogP contribution in [0.2, 0.25) is 0 Å². The van der Waals surface area contributed by atoms with Crippen molar-refractivity contribution in [2.24, 2.45) is 0 Å². The van der Waals surface area contributed by atoms with Crippen molar-refractivity contribution in [3.8, 4) is 5.75 Å². The summed E-state index contributed by atoms with van der Waals surface area (Å²) in [7, 11) is 0. The van der Waals surface area contributed by atoms with Gasteiger partial charge in [-0.1, -0.05) is 6.07 Å². The number of aromatic hydroxyl groups is 1. The summed E-state index contributed by atoms with van der Waals surface area (Å²) in [5, 5.41) is 19.1. The van der Waals surface area contributed by atoms with Gasteiger partial charge in [-0.3, -0.25) is 0 Å². The number of hydrogen-bond donors (Lipinski definition) is 2. The minimum atomic E-state index is -1.11. The molecule has 2 aliphatic heterocycles. The Morgan fingerprint density at radius 2 is 1.83 bits per heavy atom. The van der Waals surface area contributed by atoms with E-state index in [9.17, 15) is 9.90 Å². The van der Waals surface area contributed by atoms with Crippen molar-refractivity contribution in [3.63, 3.8) is 0 Å². The van der Waals surface area contributed by atoms with E-state index in [2.05, 4.69) is 0 Å². The number of epoxide rings is 2. The third-order valence-corrected chi connectivity index (χ3v) is 3.29. The van der Waals surface area contributed by atoms with Gasteiger partial charge in [0, 0.05) is 18.4 Å². The first kappa shape index (κ1) is 11.5. The number of rotatable bonds is 5. The lowest BCUT2D eigenvalue weighted by molar-refractivity contribution is 0.0693. The Morgan fingerprint density at radius 3 is 2.39 bits per heavy atom. The second-order valence-electron chi connectivity index (χ2n) is 4.72. The van der Waals surface area contributed by atoms with Gasteiger partial charge in [0.1, 0.15) is 11.3 Å². The molecule has 5 heteroatoms. The molecule has 0 aromatic heterocycles. The summed E-state index contributed by atoms with van der Waals surface area (Å²) in [6, 6.07) is 3.22. The number of carboxylic acid groups (broad SMARTS) is 1. The van der Waals surface area contributed by atoms with Crippen LogP contribution in [0.1, 0.15) is 21.5 Å². The maximum Gasteiger partial charge on any atom is 0.339 e. The predicted octanol–water partition coefficient (Wildman–Crippen LogP) is 0.973. The summed E-state index contributed by atoms with van der Waals surface area (Å²) >= 11 is 0. The minimum Gasteiger partial charge on any atom is -0.507 e. The van der Waals surface area contributed by atoms with Gasteiger partial charge in [0.25, 0.3) is 0 Å². The monoisotopic (exact) mass is 250 g/mol. The average Bonchev–Trinajstić information content (AvgIpc) is 3.18. The number of aromatic carboxylic acids is 1. The van der Waals surface area contributed by atoms with Crippen LogP contribution in [0.5, 0.6) is 5.75 Å². The van der Waals surface area contributed by atoms with E-state index in [1.54, 1.807) is 6.07 Å². The summed E-state index contributed by atoms with van der Waals surface area (Å²) in [5.74, 6) is -1.24. The second-order valence-corrected chi connectivity index (χ2v) is 4.72. The molecule has 2 aliphatic rings.